The summed E-state index contributed by atoms with van der Waals surface area (Å²) in [4.78, 5) is 29.5. The first-order valence-electron chi connectivity index (χ1n) is 8.68. The summed E-state index contributed by atoms with van der Waals surface area (Å²) >= 11 is 2.40. The maximum atomic E-state index is 11.7. The number of halogens is 1. The number of carbonyl (C=O) groups excluding carboxylic acids is 2. The van der Waals surface area contributed by atoms with Gasteiger partial charge >= 0.3 is 5.97 Å². The molecule has 0 N–H and O–H groups in total. The third-order valence-electron chi connectivity index (χ3n) is 4.82. The average molecular weight is 452 g/mol. The predicted octanol–water partition coefficient (Wildman–Crippen LogP) is 0.440. The molecular formula is C16H29IN4O3. The van der Waals surface area contributed by atoms with Gasteiger partial charge in [0, 0.05) is 75.7 Å². The second kappa shape index (κ2) is 9.88. The van der Waals surface area contributed by atoms with E-state index in [1.54, 1.807) is 14.1 Å². The Morgan fingerprint density at radius 2 is 1.71 bits per heavy atom. The highest BCUT2D eigenvalue weighted by molar-refractivity contribution is 14.1. The van der Waals surface area contributed by atoms with Gasteiger partial charge in [-0.2, -0.15) is 0 Å². The van der Waals surface area contributed by atoms with Crippen LogP contribution in [-0.4, -0.2) is 102 Å². The fraction of sp³-hybridized carbons (Fsp3) is 0.875. The molecule has 0 aromatic carbocycles. The van der Waals surface area contributed by atoms with Crippen LogP contribution >= 0.6 is 22.9 Å². The van der Waals surface area contributed by atoms with Crippen LogP contribution < -0.4 is 0 Å². The number of hydrogen-bond acceptors (Lipinski definition) is 6. The third kappa shape index (κ3) is 6.45. The van der Waals surface area contributed by atoms with Crippen LogP contribution in [-0.2, 0) is 14.3 Å². The van der Waals surface area contributed by atoms with Gasteiger partial charge < -0.3 is 14.5 Å². The van der Waals surface area contributed by atoms with E-state index in [2.05, 4.69) is 35.8 Å². The molecule has 0 unspecified atom stereocenters. The largest absolute Gasteiger partial charge is 0.456 e. The van der Waals surface area contributed by atoms with E-state index in [-0.39, 0.29) is 18.5 Å². The molecule has 0 aromatic rings. The smallest absolute Gasteiger partial charge is 0.307 e. The van der Waals surface area contributed by atoms with Crippen molar-refractivity contribution in [2.45, 2.75) is 25.3 Å². The minimum atomic E-state index is -0.287. The number of piperidine rings is 1. The molecule has 24 heavy (non-hydrogen) atoms. The zero-order chi connectivity index (χ0) is 17.5. The molecule has 0 aliphatic carbocycles. The quantitative estimate of drug-likeness (QED) is 0.331. The molecule has 0 radical (unpaired) electrons. The van der Waals surface area contributed by atoms with Gasteiger partial charge in [-0.1, -0.05) is 0 Å². The lowest BCUT2D eigenvalue weighted by Gasteiger charge is -2.41. The zero-order valence-corrected chi connectivity index (χ0v) is 16.9. The molecule has 0 atom stereocenters. The van der Waals surface area contributed by atoms with Crippen LogP contribution in [0.1, 0.15) is 19.3 Å². The molecule has 7 nitrogen and oxygen atoms in total. The summed E-state index contributed by atoms with van der Waals surface area (Å²) in [5.41, 5.74) is 0. The van der Waals surface area contributed by atoms with Gasteiger partial charge in [0.25, 0.3) is 5.91 Å². The molecule has 2 rings (SSSR count). The summed E-state index contributed by atoms with van der Waals surface area (Å²) in [6.45, 7) is 7.29. The van der Waals surface area contributed by atoms with Crippen molar-refractivity contribution in [3.63, 3.8) is 0 Å². The monoisotopic (exact) mass is 452 g/mol. The number of hydrogen-bond donors (Lipinski definition) is 0. The predicted molar refractivity (Wildman–Crippen MR) is 101 cm³/mol. The van der Waals surface area contributed by atoms with E-state index in [0.29, 0.717) is 12.5 Å². The summed E-state index contributed by atoms with van der Waals surface area (Å²) in [5.74, 6) is -0.471. The topological polar surface area (TPSA) is 56.3 Å². The van der Waals surface area contributed by atoms with Gasteiger partial charge in [0.1, 0.15) is 0 Å². The number of carbonyl (C=O) groups is 2. The minimum absolute atomic E-state index is 0.156. The van der Waals surface area contributed by atoms with Crippen LogP contribution in [0.25, 0.3) is 0 Å². The maximum absolute atomic E-state index is 11.7. The van der Waals surface area contributed by atoms with Crippen molar-refractivity contribution in [3.05, 3.63) is 0 Å². The van der Waals surface area contributed by atoms with Crippen LogP contribution in [0.2, 0.25) is 0 Å². The third-order valence-corrected chi connectivity index (χ3v) is 5.79. The highest BCUT2D eigenvalue weighted by Crippen LogP contribution is 2.19. The lowest BCUT2D eigenvalue weighted by atomic mass is 10.0. The SMILES string of the molecule is CN(C)C(=O)COC(=O)CCN1CCC(N2CCN(I)CC2)CC1. The van der Waals surface area contributed by atoms with E-state index in [0.717, 1.165) is 32.7 Å². The number of likely N-dealkylation sites (tertiary alicyclic amines) is 1. The molecular weight excluding hydrogens is 423 g/mol. The molecule has 2 fully saturated rings. The second-order valence-electron chi connectivity index (χ2n) is 6.72. The fourth-order valence-corrected chi connectivity index (χ4v) is 3.60. The van der Waals surface area contributed by atoms with Crippen LogP contribution in [0.15, 0.2) is 0 Å². The fourth-order valence-electron chi connectivity index (χ4n) is 3.16. The Hall–Kier alpha value is -0.450. The molecule has 2 heterocycles. The lowest BCUT2D eigenvalue weighted by Crippen LogP contribution is -2.51. The number of amides is 1. The van der Waals surface area contributed by atoms with Crippen LogP contribution in [0.4, 0.5) is 0 Å². The Bertz CT molecular complexity index is 420. The molecule has 0 aromatic heterocycles. The summed E-state index contributed by atoms with van der Waals surface area (Å²) in [5, 5.41) is 0. The Morgan fingerprint density at radius 3 is 2.29 bits per heavy atom. The van der Waals surface area contributed by atoms with E-state index in [9.17, 15) is 9.59 Å². The average Bonchev–Trinajstić information content (AvgIpc) is 2.59. The first kappa shape index (κ1) is 19.9. The second-order valence-corrected chi connectivity index (χ2v) is 8.08. The van der Waals surface area contributed by atoms with E-state index >= 15 is 0 Å². The number of esters is 1. The Kier molecular flexibility index (Phi) is 8.18. The number of likely N-dealkylation sites (N-methyl/N-ethyl adjacent to an activating group) is 1. The summed E-state index contributed by atoms with van der Waals surface area (Å²) in [7, 11) is 3.31. The first-order chi connectivity index (χ1) is 11.5. The van der Waals surface area contributed by atoms with Crippen molar-refractivity contribution in [2.75, 3.05) is 66.5 Å². The van der Waals surface area contributed by atoms with Crippen molar-refractivity contribution in [1.82, 2.24) is 17.8 Å². The van der Waals surface area contributed by atoms with Gasteiger partial charge in [0.2, 0.25) is 0 Å². The molecule has 0 saturated carbocycles. The standard InChI is InChI=1S/C16H29IN4O3/c1-18(2)15(22)13-24-16(23)5-8-19-6-3-14(4-7-19)20-9-11-21(17)12-10-20/h14H,3-13H2,1-2H3. The van der Waals surface area contributed by atoms with E-state index in [1.165, 1.54) is 30.8 Å². The van der Waals surface area contributed by atoms with Crippen molar-refractivity contribution in [2.24, 2.45) is 0 Å². The number of piperazine rings is 1. The molecule has 0 bridgehead atoms. The Morgan fingerprint density at radius 1 is 1.08 bits per heavy atom. The van der Waals surface area contributed by atoms with Crippen molar-refractivity contribution in [3.8, 4) is 0 Å². The Balaban J connectivity index is 1.59. The molecule has 2 aliphatic rings. The molecule has 2 saturated heterocycles. The van der Waals surface area contributed by atoms with Crippen molar-refractivity contribution < 1.29 is 14.3 Å². The minimum Gasteiger partial charge on any atom is -0.456 e. The highest BCUT2D eigenvalue weighted by atomic mass is 127. The van der Waals surface area contributed by atoms with Gasteiger partial charge in [0.15, 0.2) is 6.61 Å². The molecule has 2 aliphatic heterocycles. The first-order valence-corrected chi connectivity index (χ1v) is 9.65. The summed E-state index contributed by atoms with van der Waals surface area (Å²) in [6.07, 6.45) is 2.71. The van der Waals surface area contributed by atoms with Gasteiger partial charge in [-0.15, -0.1) is 0 Å². The van der Waals surface area contributed by atoms with E-state index in [1.807, 2.05) is 0 Å². The molecule has 8 heteroatoms. The number of nitrogens with zero attached hydrogens (tertiary/aromatic N) is 4. The number of ether oxygens (including phenoxy) is 1. The maximum Gasteiger partial charge on any atom is 0.307 e. The molecule has 1 amide bonds. The lowest BCUT2D eigenvalue weighted by molar-refractivity contribution is -0.151. The van der Waals surface area contributed by atoms with Crippen LogP contribution in [0.5, 0.6) is 0 Å². The summed E-state index contributed by atoms with van der Waals surface area (Å²) < 4.78 is 7.37. The van der Waals surface area contributed by atoms with Gasteiger partial charge in [-0.25, -0.2) is 3.11 Å². The Labute approximate surface area is 158 Å². The van der Waals surface area contributed by atoms with E-state index in [4.69, 9.17) is 4.74 Å². The van der Waals surface area contributed by atoms with Gasteiger partial charge in [0.05, 0.1) is 6.42 Å². The molecule has 138 valence electrons. The van der Waals surface area contributed by atoms with Gasteiger partial charge in [-0.3, -0.25) is 14.5 Å². The molecule has 0 spiro atoms. The van der Waals surface area contributed by atoms with Crippen LogP contribution in [0, 0.1) is 0 Å². The van der Waals surface area contributed by atoms with E-state index < -0.39 is 0 Å². The van der Waals surface area contributed by atoms with Crippen LogP contribution in [0.3, 0.4) is 0 Å². The number of rotatable bonds is 6. The van der Waals surface area contributed by atoms with Gasteiger partial charge in [-0.05, 0) is 25.9 Å². The normalized spacial score (nSPS) is 21.6. The van der Waals surface area contributed by atoms with Crippen molar-refractivity contribution in [1.29, 1.82) is 0 Å². The van der Waals surface area contributed by atoms with Crippen molar-refractivity contribution >= 4 is 34.7 Å². The summed E-state index contributed by atoms with van der Waals surface area (Å²) in [6, 6.07) is 0.691. The zero-order valence-electron chi connectivity index (χ0n) is 14.7. The highest BCUT2D eigenvalue weighted by Gasteiger charge is 2.27.